The molecule has 2 aromatic carbocycles. The number of carbonyl (C=O) groups excluding carboxylic acids is 4. The zero-order valence-electron chi connectivity index (χ0n) is 24.9. The predicted octanol–water partition coefficient (Wildman–Crippen LogP) is 5.81. The third-order valence-corrected chi connectivity index (χ3v) is 6.66. The highest BCUT2D eigenvalue weighted by Crippen LogP contribution is 2.30. The van der Waals surface area contributed by atoms with Crippen molar-refractivity contribution in [1.82, 2.24) is 10.2 Å². The first-order valence-electron chi connectivity index (χ1n) is 13.9. The van der Waals surface area contributed by atoms with E-state index in [1.54, 1.807) is 39.0 Å². The summed E-state index contributed by atoms with van der Waals surface area (Å²) in [5, 5.41) is 5.91. The predicted molar refractivity (Wildman–Crippen MR) is 162 cm³/mol. The average molecular weight is 587 g/mol. The summed E-state index contributed by atoms with van der Waals surface area (Å²) in [5.41, 5.74) is 7.32. The largest absolute Gasteiger partial charge is 0.444 e. The number of nitrogens with zero attached hydrogens (tertiary/aromatic N) is 1. The molecule has 0 radical (unpaired) electrons. The molecule has 0 bridgehead atoms. The number of rotatable bonds is 13. The Labute approximate surface area is 248 Å². The zero-order chi connectivity index (χ0) is 30.7. The maximum atomic E-state index is 14.2. The second-order valence-electron chi connectivity index (χ2n) is 11.2. The molecule has 9 nitrogen and oxygen atoms in total. The molecular formula is C31H43ClN4O5. The van der Waals surface area contributed by atoms with Crippen LogP contribution in [0.5, 0.6) is 0 Å². The lowest BCUT2D eigenvalue weighted by Crippen LogP contribution is -2.53. The Hall–Kier alpha value is -3.59. The number of alkyl carbamates (subject to hydrolysis) is 1. The van der Waals surface area contributed by atoms with Gasteiger partial charge in [0.15, 0.2) is 0 Å². The first-order chi connectivity index (χ1) is 19.2. The maximum Gasteiger partial charge on any atom is 0.408 e. The van der Waals surface area contributed by atoms with Crippen molar-refractivity contribution in [1.29, 1.82) is 0 Å². The van der Waals surface area contributed by atoms with Crippen LogP contribution in [0.1, 0.15) is 82.5 Å². The standard InChI is InChI=1S/C31H43ClN4O5/c1-7-8-9-18-36(29(39)24(16-17-25(33)37)34-30(40)41-31(4,5)6)27(22-14-10-12-20(2)19-22)28(38)35-26-21(3)13-11-15-23(26)32/h10-15,19,24,27H,7-9,16-18H2,1-6H3,(H2,33,37)(H,34,40)(H,35,38). The van der Waals surface area contributed by atoms with Crippen LogP contribution < -0.4 is 16.4 Å². The van der Waals surface area contributed by atoms with Crippen LogP contribution in [-0.2, 0) is 19.1 Å². The molecule has 2 rings (SSSR count). The number of halogens is 1. The molecule has 0 fully saturated rings. The molecule has 2 unspecified atom stereocenters. The number of benzene rings is 2. The van der Waals surface area contributed by atoms with E-state index >= 15 is 0 Å². The number of para-hydroxylation sites is 1. The molecule has 4 amide bonds. The van der Waals surface area contributed by atoms with Gasteiger partial charge in [-0.3, -0.25) is 14.4 Å². The van der Waals surface area contributed by atoms with Crippen molar-refractivity contribution in [2.24, 2.45) is 5.73 Å². The van der Waals surface area contributed by atoms with Gasteiger partial charge in [-0.25, -0.2) is 4.79 Å². The Kier molecular flexibility index (Phi) is 12.6. The van der Waals surface area contributed by atoms with Gasteiger partial charge in [0.25, 0.3) is 5.91 Å². The molecule has 4 N–H and O–H groups in total. The molecule has 2 atom stereocenters. The van der Waals surface area contributed by atoms with Crippen molar-refractivity contribution in [2.45, 2.75) is 91.3 Å². The first kappa shape index (κ1) is 33.6. The number of primary amides is 1. The third-order valence-electron chi connectivity index (χ3n) is 6.34. The molecule has 2 aromatic rings. The van der Waals surface area contributed by atoms with Gasteiger partial charge < -0.3 is 26.0 Å². The van der Waals surface area contributed by atoms with E-state index in [1.165, 1.54) is 4.90 Å². The van der Waals surface area contributed by atoms with E-state index in [2.05, 4.69) is 10.6 Å². The van der Waals surface area contributed by atoms with Gasteiger partial charge in [-0.15, -0.1) is 0 Å². The topological polar surface area (TPSA) is 131 Å². The van der Waals surface area contributed by atoms with E-state index in [4.69, 9.17) is 22.1 Å². The van der Waals surface area contributed by atoms with Crippen molar-refractivity contribution in [3.8, 4) is 0 Å². The van der Waals surface area contributed by atoms with Crippen molar-refractivity contribution >= 4 is 41.1 Å². The Balaban J connectivity index is 2.59. The smallest absolute Gasteiger partial charge is 0.408 e. The minimum absolute atomic E-state index is 0.0521. The molecule has 10 heteroatoms. The molecule has 0 saturated carbocycles. The monoisotopic (exact) mass is 586 g/mol. The molecule has 41 heavy (non-hydrogen) atoms. The van der Waals surface area contributed by atoms with E-state index in [9.17, 15) is 19.2 Å². The highest BCUT2D eigenvalue weighted by molar-refractivity contribution is 6.34. The van der Waals surface area contributed by atoms with Gasteiger partial charge in [-0.05, 0) is 64.7 Å². The van der Waals surface area contributed by atoms with Gasteiger partial charge >= 0.3 is 6.09 Å². The fourth-order valence-corrected chi connectivity index (χ4v) is 4.66. The Morgan fingerprint density at radius 3 is 2.32 bits per heavy atom. The summed E-state index contributed by atoms with van der Waals surface area (Å²) >= 11 is 6.42. The van der Waals surface area contributed by atoms with Crippen LogP contribution >= 0.6 is 11.6 Å². The van der Waals surface area contributed by atoms with Crippen LogP contribution in [0.3, 0.4) is 0 Å². The number of nitrogens with two attached hydrogens (primary N) is 1. The lowest BCUT2D eigenvalue weighted by molar-refractivity contribution is -0.141. The molecule has 0 aliphatic carbocycles. The van der Waals surface area contributed by atoms with Crippen LogP contribution in [0, 0.1) is 13.8 Å². The average Bonchev–Trinajstić information content (AvgIpc) is 2.86. The Morgan fingerprint density at radius 2 is 1.73 bits per heavy atom. The summed E-state index contributed by atoms with van der Waals surface area (Å²) in [6.07, 6.45) is 1.33. The minimum atomic E-state index is -1.15. The summed E-state index contributed by atoms with van der Waals surface area (Å²) in [6.45, 7) is 11.1. The highest BCUT2D eigenvalue weighted by Gasteiger charge is 2.36. The van der Waals surface area contributed by atoms with Crippen molar-refractivity contribution in [3.63, 3.8) is 0 Å². The van der Waals surface area contributed by atoms with Gasteiger partial charge in [0, 0.05) is 13.0 Å². The Morgan fingerprint density at radius 1 is 1.05 bits per heavy atom. The van der Waals surface area contributed by atoms with Crippen LogP contribution in [0.25, 0.3) is 0 Å². The molecule has 0 aliphatic heterocycles. The molecule has 0 spiro atoms. The maximum absolute atomic E-state index is 14.2. The fourth-order valence-electron chi connectivity index (χ4n) is 4.39. The number of anilines is 1. The summed E-state index contributed by atoms with van der Waals surface area (Å²) in [7, 11) is 0. The van der Waals surface area contributed by atoms with Crippen molar-refractivity contribution < 1.29 is 23.9 Å². The lowest BCUT2D eigenvalue weighted by Gasteiger charge is -2.35. The number of hydrogen-bond acceptors (Lipinski definition) is 5. The van der Waals surface area contributed by atoms with Gasteiger partial charge in [0.1, 0.15) is 17.7 Å². The number of amides is 4. The number of aryl methyl sites for hydroxylation is 2. The SMILES string of the molecule is CCCCCN(C(=O)C(CCC(N)=O)NC(=O)OC(C)(C)C)C(C(=O)Nc1c(C)cccc1Cl)c1cccc(C)c1. The first-order valence-corrected chi connectivity index (χ1v) is 14.3. The van der Waals surface area contributed by atoms with E-state index in [0.717, 1.165) is 24.0 Å². The third kappa shape index (κ3) is 10.7. The van der Waals surface area contributed by atoms with Crippen molar-refractivity contribution in [3.05, 3.63) is 64.2 Å². The summed E-state index contributed by atoms with van der Waals surface area (Å²) in [6, 6.07) is 10.5. The van der Waals surface area contributed by atoms with Crippen molar-refractivity contribution in [2.75, 3.05) is 11.9 Å². The van der Waals surface area contributed by atoms with Crippen LogP contribution in [-0.4, -0.2) is 46.9 Å². The summed E-state index contributed by atoms with van der Waals surface area (Å²) < 4.78 is 5.39. The normalized spacial score (nSPS) is 12.7. The van der Waals surface area contributed by atoms with Crippen LogP contribution in [0.2, 0.25) is 5.02 Å². The quantitative estimate of drug-likeness (QED) is 0.255. The van der Waals surface area contributed by atoms with Gasteiger partial charge in [0.2, 0.25) is 11.8 Å². The summed E-state index contributed by atoms with van der Waals surface area (Å²) in [5.74, 6) is -1.60. The number of hydrogen-bond donors (Lipinski definition) is 3. The number of ether oxygens (including phenoxy) is 1. The van der Waals surface area contributed by atoms with Gasteiger partial charge in [-0.2, -0.15) is 0 Å². The molecule has 0 heterocycles. The van der Waals surface area contributed by atoms with Crippen LogP contribution in [0.15, 0.2) is 42.5 Å². The van der Waals surface area contributed by atoms with E-state index < -0.39 is 41.5 Å². The van der Waals surface area contributed by atoms with Gasteiger partial charge in [-0.1, -0.05) is 73.3 Å². The molecule has 224 valence electrons. The Bertz CT molecular complexity index is 1210. The molecule has 0 aliphatic rings. The highest BCUT2D eigenvalue weighted by atomic mass is 35.5. The zero-order valence-corrected chi connectivity index (χ0v) is 25.6. The summed E-state index contributed by atoms with van der Waals surface area (Å²) in [4.78, 5) is 54.2. The number of nitrogens with one attached hydrogen (secondary N) is 2. The lowest BCUT2D eigenvalue weighted by atomic mass is 9.99. The van der Waals surface area contributed by atoms with E-state index in [1.807, 2.05) is 45.0 Å². The minimum Gasteiger partial charge on any atom is -0.444 e. The van der Waals surface area contributed by atoms with Crippen LogP contribution in [0.4, 0.5) is 10.5 Å². The molecule has 0 aromatic heterocycles. The second kappa shape index (κ2) is 15.4. The molecule has 0 saturated heterocycles. The number of carbonyl (C=O) groups is 4. The second-order valence-corrected chi connectivity index (χ2v) is 11.6. The van der Waals surface area contributed by atoms with E-state index in [0.29, 0.717) is 22.7 Å². The fraction of sp³-hybridized carbons (Fsp3) is 0.484. The van der Waals surface area contributed by atoms with Gasteiger partial charge in [0.05, 0.1) is 10.7 Å². The molecular weight excluding hydrogens is 544 g/mol. The number of unbranched alkanes of at least 4 members (excludes halogenated alkanes) is 2. The van der Waals surface area contributed by atoms with E-state index in [-0.39, 0.29) is 19.4 Å².